The molecule has 1 atom stereocenters. The van der Waals surface area contributed by atoms with E-state index in [4.69, 9.17) is 4.74 Å². The van der Waals surface area contributed by atoms with Gasteiger partial charge in [0.15, 0.2) is 0 Å². The molecular formula is C13H25NO4S. The van der Waals surface area contributed by atoms with Crippen LogP contribution in [0.15, 0.2) is 0 Å². The SMILES string of the molecule is COC(=O)NC(CCSC)C(=O)OCCCC(C)C. The first kappa shape index (κ1) is 18.1. The summed E-state index contributed by atoms with van der Waals surface area (Å²) in [5.74, 6) is 0.984. The molecule has 0 aromatic rings. The molecule has 0 fully saturated rings. The maximum absolute atomic E-state index is 11.8. The highest BCUT2D eigenvalue weighted by Crippen LogP contribution is 2.06. The van der Waals surface area contributed by atoms with Crippen LogP contribution in [0.4, 0.5) is 4.79 Å². The summed E-state index contributed by atoms with van der Waals surface area (Å²) < 4.78 is 9.68. The van der Waals surface area contributed by atoms with E-state index < -0.39 is 12.1 Å². The Bertz CT molecular complexity index is 271. The predicted octanol–water partition coefficient (Wildman–Crippen LogP) is 2.44. The van der Waals surface area contributed by atoms with Gasteiger partial charge in [-0.1, -0.05) is 13.8 Å². The third-order valence-corrected chi connectivity index (χ3v) is 3.19. The van der Waals surface area contributed by atoms with Crippen molar-refractivity contribution in [3.05, 3.63) is 0 Å². The number of alkyl carbamates (subject to hydrolysis) is 1. The van der Waals surface area contributed by atoms with Gasteiger partial charge in [-0.2, -0.15) is 11.8 Å². The van der Waals surface area contributed by atoms with Crippen LogP contribution in [0.1, 0.15) is 33.1 Å². The third kappa shape index (κ3) is 9.64. The van der Waals surface area contributed by atoms with E-state index >= 15 is 0 Å². The molecule has 0 saturated carbocycles. The van der Waals surface area contributed by atoms with Crippen LogP contribution < -0.4 is 5.32 Å². The molecule has 0 aromatic carbocycles. The molecule has 1 amide bonds. The van der Waals surface area contributed by atoms with Gasteiger partial charge in [0.05, 0.1) is 13.7 Å². The van der Waals surface area contributed by atoms with Crippen molar-refractivity contribution in [1.82, 2.24) is 5.32 Å². The Morgan fingerprint density at radius 3 is 2.47 bits per heavy atom. The first-order valence-electron chi connectivity index (χ1n) is 6.51. The normalized spacial score (nSPS) is 12.1. The van der Waals surface area contributed by atoms with E-state index in [1.165, 1.54) is 7.11 Å². The molecule has 1 unspecified atom stereocenters. The Morgan fingerprint density at radius 1 is 1.26 bits per heavy atom. The fourth-order valence-electron chi connectivity index (χ4n) is 1.45. The molecule has 0 heterocycles. The van der Waals surface area contributed by atoms with Crippen molar-refractivity contribution in [3.63, 3.8) is 0 Å². The Morgan fingerprint density at radius 2 is 1.95 bits per heavy atom. The number of thioether (sulfide) groups is 1. The van der Waals surface area contributed by atoms with Crippen molar-refractivity contribution in [2.45, 2.75) is 39.2 Å². The lowest BCUT2D eigenvalue weighted by Gasteiger charge is -2.16. The van der Waals surface area contributed by atoms with Crippen molar-refractivity contribution in [3.8, 4) is 0 Å². The number of esters is 1. The monoisotopic (exact) mass is 291 g/mol. The van der Waals surface area contributed by atoms with Crippen LogP contribution >= 0.6 is 11.8 Å². The van der Waals surface area contributed by atoms with Crippen LogP contribution in [0, 0.1) is 5.92 Å². The zero-order valence-corrected chi connectivity index (χ0v) is 13.0. The Kier molecular flexibility index (Phi) is 10.4. The minimum absolute atomic E-state index is 0.386. The van der Waals surface area contributed by atoms with E-state index in [1.807, 2.05) is 6.26 Å². The molecule has 1 N–H and O–H groups in total. The van der Waals surface area contributed by atoms with Crippen molar-refractivity contribution in [2.24, 2.45) is 5.92 Å². The van der Waals surface area contributed by atoms with E-state index in [1.54, 1.807) is 11.8 Å². The molecule has 6 heteroatoms. The van der Waals surface area contributed by atoms with Gasteiger partial charge >= 0.3 is 12.1 Å². The van der Waals surface area contributed by atoms with Gasteiger partial charge in [0.25, 0.3) is 0 Å². The molecule has 0 bridgehead atoms. The Labute approximate surface area is 119 Å². The summed E-state index contributed by atoms with van der Waals surface area (Å²) in [6, 6.07) is -0.626. The van der Waals surface area contributed by atoms with Crippen molar-refractivity contribution >= 4 is 23.8 Å². The summed E-state index contributed by atoms with van der Waals surface area (Å²) in [6.07, 6.45) is 3.75. The molecule has 112 valence electrons. The quantitative estimate of drug-likeness (QED) is 0.522. The summed E-state index contributed by atoms with van der Waals surface area (Å²) in [5, 5.41) is 2.50. The second-order valence-corrected chi connectivity index (χ2v) is 5.66. The molecule has 0 aliphatic rings. The van der Waals surface area contributed by atoms with E-state index in [0.717, 1.165) is 18.6 Å². The predicted molar refractivity (Wildman–Crippen MR) is 77.4 cm³/mol. The topological polar surface area (TPSA) is 64.6 Å². The van der Waals surface area contributed by atoms with Crippen LogP contribution in [0.2, 0.25) is 0 Å². The standard InChI is InChI=1S/C13H25NO4S/c1-10(2)6-5-8-18-12(15)11(7-9-19-4)14-13(16)17-3/h10-11H,5-9H2,1-4H3,(H,14,16). The number of carbonyl (C=O) groups excluding carboxylic acids is 2. The van der Waals surface area contributed by atoms with Gasteiger partial charge in [-0.05, 0) is 37.2 Å². The first-order valence-corrected chi connectivity index (χ1v) is 7.90. The van der Waals surface area contributed by atoms with Gasteiger partial charge in [0, 0.05) is 0 Å². The van der Waals surface area contributed by atoms with Gasteiger partial charge < -0.3 is 14.8 Å². The van der Waals surface area contributed by atoms with E-state index in [0.29, 0.717) is 18.9 Å². The largest absolute Gasteiger partial charge is 0.464 e. The lowest BCUT2D eigenvalue weighted by atomic mass is 10.1. The maximum atomic E-state index is 11.8. The second kappa shape index (κ2) is 11.0. The molecule has 0 saturated heterocycles. The summed E-state index contributed by atoms with van der Waals surface area (Å²) in [6.45, 7) is 4.65. The van der Waals surface area contributed by atoms with E-state index in [-0.39, 0.29) is 5.97 Å². The van der Waals surface area contributed by atoms with E-state index in [9.17, 15) is 9.59 Å². The zero-order valence-electron chi connectivity index (χ0n) is 12.2. The van der Waals surface area contributed by atoms with Crippen LogP contribution in [0.5, 0.6) is 0 Å². The number of carbonyl (C=O) groups is 2. The number of methoxy groups -OCH3 is 1. The maximum Gasteiger partial charge on any atom is 0.407 e. The summed E-state index contributed by atoms with van der Waals surface area (Å²) in [7, 11) is 1.27. The molecule has 0 aliphatic carbocycles. The lowest BCUT2D eigenvalue weighted by molar-refractivity contribution is -0.146. The van der Waals surface area contributed by atoms with E-state index in [2.05, 4.69) is 23.9 Å². The molecule has 0 radical (unpaired) electrons. The van der Waals surface area contributed by atoms with Crippen LogP contribution in [-0.2, 0) is 14.3 Å². The van der Waals surface area contributed by atoms with Crippen LogP contribution in [0.25, 0.3) is 0 Å². The first-order chi connectivity index (χ1) is 9.01. The highest BCUT2D eigenvalue weighted by Gasteiger charge is 2.22. The van der Waals surface area contributed by atoms with Crippen molar-refractivity contribution < 1.29 is 19.1 Å². The lowest BCUT2D eigenvalue weighted by Crippen LogP contribution is -2.42. The number of hydrogen-bond donors (Lipinski definition) is 1. The molecule has 0 aromatic heterocycles. The minimum atomic E-state index is -0.626. The molecule has 0 rings (SSSR count). The number of hydrogen-bond acceptors (Lipinski definition) is 5. The zero-order chi connectivity index (χ0) is 14.7. The van der Waals surface area contributed by atoms with Gasteiger partial charge in [-0.3, -0.25) is 0 Å². The highest BCUT2D eigenvalue weighted by atomic mass is 32.2. The van der Waals surface area contributed by atoms with Crippen LogP contribution in [-0.4, -0.2) is 43.8 Å². The molecule has 19 heavy (non-hydrogen) atoms. The second-order valence-electron chi connectivity index (χ2n) is 4.67. The molecule has 5 nitrogen and oxygen atoms in total. The Balaban J connectivity index is 4.10. The molecule has 0 spiro atoms. The fourth-order valence-corrected chi connectivity index (χ4v) is 1.92. The number of amides is 1. The van der Waals surface area contributed by atoms with Gasteiger partial charge in [-0.15, -0.1) is 0 Å². The smallest absolute Gasteiger partial charge is 0.407 e. The Hall–Kier alpha value is -0.910. The van der Waals surface area contributed by atoms with Crippen LogP contribution in [0.3, 0.4) is 0 Å². The third-order valence-electron chi connectivity index (χ3n) is 2.54. The summed E-state index contributed by atoms with van der Waals surface area (Å²) in [4.78, 5) is 23.0. The minimum Gasteiger partial charge on any atom is -0.464 e. The van der Waals surface area contributed by atoms with Gasteiger partial charge in [0.1, 0.15) is 6.04 Å². The number of ether oxygens (including phenoxy) is 2. The molecule has 0 aliphatic heterocycles. The highest BCUT2D eigenvalue weighted by molar-refractivity contribution is 7.98. The number of rotatable bonds is 9. The summed E-state index contributed by atoms with van der Waals surface area (Å²) in [5.41, 5.74) is 0. The number of nitrogens with one attached hydrogen (secondary N) is 1. The van der Waals surface area contributed by atoms with Gasteiger partial charge in [-0.25, -0.2) is 9.59 Å². The average Bonchev–Trinajstić information content (AvgIpc) is 2.38. The fraction of sp³-hybridized carbons (Fsp3) is 0.846. The van der Waals surface area contributed by atoms with Crippen molar-refractivity contribution in [1.29, 1.82) is 0 Å². The average molecular weight is 291 g/mol. The van der Waals surface area contributed by atoms with Gasteiger partial charge in [0.2, 0.25) is 0 Å². The van der Waals surface area contributed by atoms with Crippen molar-refractivity contribution in [2.75, 3.05) is 25.7 Å². The summed E-state index contributed by atoms with van der Waals surface area (Å²) >= 11 is 1.61. The molecular weight excluding hydrogens is 266 g/mol.